The summed E-state index contributed by atoms with van der Waals surface area (Å²) in [5.74, 6) is 1.48. The molecular weight excluding hydrogens is 356 g/mol. The molecule has 0 fully saturated rings. The molecule has 0 atom stereocenters. The average molecular weight is 378 g/mol. The van der Waals surface area contributed by atoms with Crippen molar-refractivity contribution in [2.45, 2.75) is 6.54 Å². The van der Waals surface area contributed by atoms with Gasteiger partial charge in [0, 0.05) is 37.7 Å². The van der Waals surface area contributed by atoms with Crippen molar-refractivity contribution in [3.63, 3.8) is 0 Å². The molecule has 28 heavy (non-hydrogen) atoms. The van der Waals surface area contributed by atoms with Crippen LogP contribution in [0.1, 0.15) is 15.9 Å². The highest BCUT2D eigenvalue weighted by Gasteiger charge is 2.13. The Hall–Kier alpha value is -3.61. The number of aromatic nitrogens is 2. The molecule has 7 heteroatoms. The number of carbonyl (C=O) groups excluding carboxylic acids is 1. The lowest BCUT2D eigenvalue weighted by Crippen LogP contribution is -2.26. The van der Waals surface area contributed by atoms with Crippen LogP contribution in [0.15, 0.2) is 60.9 Å². The van der Waals surface area contributed by atoms with E-state index in [0.29, 0.717) is 29.6 Å². The molecule has 0 radical (unpaired) electrons. The lowest BCUT2D eigenvalue weighted by molar-refractivity contribution is 0.0784. The van der Waals surface area contributed by atoms with Crippen molar-refractivity contribution in [3.8, 4) is 11.5 Å². The first-order valence-electron chi connectivity index (χ1n) is 8.71. The molecule has 0 bridgehead atoms. The quantitative estimate of drug-likeness (QED) is 0.678. The predicted molar refractivity (Wildman–Crippen MR) is 107 cm³/mol. The smallest absolute Gasteiger partial charge is 0.257 e. The van der Waals surface area contributed by atoms with Crippen LogP contribution in [0.2, 0.25) is 0 Å². The number of nitrogens with one attached hydrogen (secondary N) is 1. The van der Waals surface area contributed by atoms with Crippen LogP contribution in [0, 0.1) is 0 Å². The Kier molecular flexibility index (Phi) is 6.06. The molecule has 0 unspecified atom stereocenters. The molecule has 1 amide bonds. The van der Waals surface area contributed by atoms with Gasteiger partial charge in [0.2, 0.25) is 5.95 Å². The Balaban J connectivity index is 1.67. The molecule has 0 saturated carbocycles. The van der Waals surface area contributed by atoms with Crippen molar-refractivity contribution in [1.29, 1.82) is 0 Å². The number of hydrogen-bond donors (Lipinski definition) is 1. The second kappa shape index (κ2) is 8.85. The third kappa shape index (κ3) is 4.56. The zero-order valence-corrected chi connectivity index (χ0v) is 16.0. The van der Waals surface area contributed by atoms with Crippen LogP contribution in [-0.2, 0) is 6.54 Å². The summed E-state index contributed by atoms with van der Waals surface area (Å²) >= 11 is 0. The summed E-state index contributed by atoms with van der Waals surface area (Å²) in [5.41, 5.74) is 2.24. The highest BCUT2D eigenvalue weighted by Crippen LogP contribution is 2.30. The fourth-order valence-electron chi connectivity index (χ4n) is 2.70. The summed E-state index contributed by atoms with van der Waals surface area (Å²) in [5, 5.41) is 3.08. The molecule has 1 heterocycles. The molecule has 2 aromatic carbocycles. The number of methoxy groups -OCH3 is 2. The van der Waals surface area contributed by atoms with Crippen LogP contribution >= 0.6 is 0 Å². The van der Waals surface area contributed by atoms with E-state index in [1.807, 2.05) is 36.4 Å². The number of benzene rings is 2. The standard InChI is InChI=1S/C21H22N4O3/c1-25(14-15-7-5-4-6-8-15)20(26)16-12-22-21(23-13-16)24-17-9-10-18(27-2)19(11-17)28-3/h4-13H,14H2,1-3H3,(H,22,23,24). The zero-order valence-electron chi connectivity index (χ0n) is 16.0. The minimum absolute atomic E-state index is 0.137. The van der Waals surface area contributed by atoms with E-state index in [9.17, 15) is 4.79 Å². The summed E-state index contributed by atoms with van der Waals surface area (Å²) in [4.78, 5) is 22.7. The summed E-state index contributed by atoms with van der Waals surface area (Å²) < 4.78 is 10.5. The molecule has 0 spiro atoms. The maximum atomic E-state index is 12.6. The van der Waals surface area contributed by atoms with E-state index in [1.54, 1.807) is 38.3 Å². The largest absolute Gasteiger partial charge is 0.493 e. The molecule has 0 aliphatic rings. The fourth-order valence-corrected chi connectivity index (χ4v) is 2.70. The van der Waals surface area contributed by atoms with Crippen LogP contribution in [0.5, 0.6) is 11.5 Å². The lowest BCUT2D eigenvalue weighted by Gasteiger charge is -2.17. The first kappa shape index (κ1) is 19.2. The van der Waals surface area contributed by atoms with Gasteiger partial charge in [-0.25, -0.2) is 9.97 Å². The molecule has 144 valence electrons. The van der Waals surface area contributed by atoms with E-state index in [-0.39, 0.29) is 5.91 Å². The number of ether oxygens (including phenoxy) is 2. The molecule has 1 aromatic heterocycles. The maximum absolute atomic E-state index is 12.6. The molecule has 1 N–H and O–H groups in total. The van der Waals surface area contributed by atoms with Crippen LogP contribution < -0.4 is 14.8 Å². The highest BCUT2D eigenvalue weighted by atomic mass is 16.5. The Morgan fingerprint density at radius 2 is 1.68 bits per heavy atom. The fraction of sp³-hybridized carbons (Fsp3) is 0.190. The van der Waals surface area contributed by atoms with Crippen molar-refractivity contribution in [1.82, 2.24) is 14.9 Å². The van der Waals surface area contributed by atoms with Crippen LogP contribution in [0.3, 0.4) is 0 Å². The number of amides is 1. The van der Waals surface area contributed by atoms with Crippen molar-refractivity contribution >= 4 is 17.5 Å². The first-order chi connectivity index (χ1) is 13.6. The van der Waals surface area contributed by atoms with E-state index < -0.39 is 0 Å². The van der Waals surface area contributed by atoms with Crippen molar-refractivity contribution in [2.24, 2.45) is 0 Å². The number of nitrogens with zero attached hydrogens (tertiary/aromatic N) is 3. The van der Waals surface area contributed by atoms with Gasteiger partial charge in [-0.05, 0) is 17.7 Å². The third-order valence-corrected chi connectivity index (χ3v) is 4.15. The number of anilines is 2. The van der Waals surface area contributed by atoms with Crippen molar-refractivity contribution in [3.05, 3.63) is 72.1 Å². The monoisotopic (exact) mass is 378 g/mol. The van der Waals surface area contributed by atoms with Gasteiger partial charge in [-0.1, -0.05) is 30.3 Å². The van der Waals surface area contributed by atoms with Crippen molar-refractivity contribution in [2.75, 3.05) is 26.6 Å². The number of carbonyl (C=O) groups is 1. The zero-order chi connectivity index (χ0) is 19.9. The summed E-state index contributed by atoms with van der Waals surface area (Å²) in [7, 11) is 4.91. The molecule has 3 aromatic rings. The van der Waals surface area contributed by atoms with Crippen LogP contribution in [0.4, 0.5) is 11.6 Å². The molecule has 3 rings (SSSR count). The second-order valence-corrected chi connectivity index (χ2v) is 6.14. The molecular formula is C21H22N4O3. The van der Waals surface area contributed by atoms with Gasteiger partial charge in [0.15, 0.2) is 11.5 Å². The van der Waals surface area contributed by atoms with Crippen LogP contribution in [-0.4, -0.2) is 42.0 Å². The van der Waals surface area contributed by atoms with Gasteiger partial charge in [0.25, 0.3) is 5.91 Å². The van der Waals surface area contributed by atoms with E-state index in [1.165, 1.54) is 12.4 Å². The Bertz CT molecular complexity index is 930. The van der Waals surface area contributed by atoms with Gasteiger partial charge in [0.1, 0.15) is 0 Å². The van der Waals surface area contributed by atoms with E-state index in [4.69, 9.17) is 9.47 Å². The number of hydrogen-bond acceptors (Lipinski definition) is 6. The minimum atomic E-state index is -0.137. The molecule has 0 saturated heterocycles. The van der Waals surface area contributed by atoms with Gasteiger partial charge in [0.05, 0.1) is 19.8 Å². The SMILES string of the molecule is COc1ccc(Nc2ncc(C(=O)N(C)Cc3ccccc3)cn2)cc1OC. The van der Waals surface area contributed by atoms with Gasteiger partial charge < -0.3 is 19.7 Å². The second-order valence-electron chi connectivity index (χ2n) is 6.14. The summed E-state index contributed by atoms with van der Waals surface area (Å²) in [6.07, 6.45) is 3.03. The first-order valence-corrected chi connectivity index (χ1v) is 8.71. The Morgan fingerprint density at radius 3 is 2.32 bits per heavy atom. The molecule has 0 aliphatic carbocycles. The van der Waals surface area contributed by atoms with Gasteiger partial charge in [-0.3, -0.25) is 4.79 Å². The Labute approximate surface area is 164 Å². The van der Waals surface area contributed by atoms with Crippen molar-refractivity contribution < 1.29 is 14.3 Å². The average Bonchev–Trinajstić information content (AvgIpc) is 2.74. The van der Waals surface area contributed by atoms with E-state index >= 15 is 0 Å². The van der Waals surface area contributed by atoms with Gasteiger partial charge >= 0.3 is 0 Å². The Morgan fingerprint density at radius 1 is 1.00 bits per heavy atom. The third-order valence-electron chi connectivity index (χ3n) is 4.15. The predicted octanol–water partition coefficient (Wildman–Crippen LogP) is 3.51. The summed E-state index contributed by atoms with van der Waals surface area (Å²) in [6, 6.07) is 15.2. The summed E-state index contributed by atoms with van der Waals surface area (Å²) in [6.45, 7) is 0.519. The molecule has 0 aliphatic heterocycles. The lowest BCUT2D eigenvalue weighted by atomic mass is 10.2. The number of rotatable bonds is 7. The highest BCUT2D eigenvalue weighted by molar-refractivity contribution is 5.93. The normalized spacial score (nSPS) is 10.2. The van der Waals surface area contributed by atoms with Gasteiger partial charge in [-0.2, -0.15) is 0 Å². The van der Waals surface area contributed by atoms with E-state index in [0.717, 1.165) is 11.3 Å². The van der Waals surface area contributed by atoms with E-state index in [2.05, 4.69) is 15.3 Å². The molecule has 7 nitrogen and oxygen atoms in total. The van der Waals surface area contributed by atoms with Crippen LogP contribution in [0.25, 0.3) is 0 Å². The maximum Gasteiger partial charge on any atom is 0.257 e. The van der Waals surface area contributed by atoms with Gasteiger partial charge in [-0.15, -0.1) is 0 Å². The minimum Gasteiger partial charge on any atom is -0.493 e. The topological polar surface area (TPSA) is 76.6 Å².